The molecule has 0 bridgehead atoms. The van der Waals surface area contributed by atoms with Crippen molar-refractivity contribution in [3.05, 3.63) is 29.8 Å². The van der Waals surface area contributed by atoms with Gasteiger partial charge in [0.25, 0.3) is 0 Å². The summed E-state index contributed by atoms with van der Waals surface area (Å²) in [7, 11) is -1.46. The molecule has 5 nitrogen and oxygen atoms in total. The second-order valence-electron chi connectivity index (χ2n) is 4.58. The lowest BCUT2D eigenvalue weighted by Gasteiger charge is -2.12. The molecule has 2 unspecified atom stereocenters. The maximum Gasteiger partial charge on any atom is 0.335 e. The van der Waals surface area contributed by atoms with Crippen LogP contribution in [-0.4, -0.2) is 33.0 Å². The first-order chi connectivity index (χ1) is 9.43. The molecule has 0 aliphatic rings. The molecule has 0 saturated heterocycles. The Morgan fingerprint density at radius 3 is 2.40 bits per heavy atom. The summed E-state index contributed by atoms with van der Waals surface area (Å²) in [5.74, 6) is -1.40. The van der Waals surface area contributed by atoms with Gasteiger partial charge in [-0.05, 0) is 37.6 Å². The number of carboxylic acids is 1. The fourth-order valence-electron chi connectivity index (χ4n) is 1.77. The number of rotatable bonds is 7. The van der Waals surface area contributed by atoms with Crippen molar-refractivity contribution in [2.24, 2.45) is 0 Å². The lowest BCUT2D eigenvalue weighted by molar-refractivity contribution is -0.119. The van der Waals surface area contributed by atoms with Crippen molar-refractivity contribution < 1.29 is 18.9 Å². The summed E-state index contributed by atoms with van der Waals surface area (Å²) in [6, 6.07) is 5.78. The van der Waals surface area contributed by atoms with E-state index in [1.165, 1.54) is 24.3 Å². The normalized spacial score (nSPS) is 13.5. The highest BCUT2D eigenvalue weighted by Crippen LogP contribution is 2.09. The van der Waals surface area contributed by atoms with Crippen LogP contribution in [0.5, 0.6) is 0 Å². The van der Waals surface area contributed by atoms with Gasteiger partial charge in [0.1, 0.15) is 5.75 Å². The molecule has 1 aromatic carbocycles. The number of carbonyl (C=O) groups excluding carboxylic acids is 1. The minimum atomic E-state index is -1.46. The highest BCUT2D eigenvalue weighted by atomic mass is 32.2. The van der Waals surface area contributed by atoms with Crippen LogP contribution in [0.4, 0.5) is 0 Å². The molecule has 6 heteroatoms. The van der Waals surface area contributed by atoms with Gasteiger partial charge in [-0.1, -0.05) is 13.3 Å². The van der Waals surface area contributed by atoms with Crippen molar-refractivity contribution in [3.63, 3.8) is 0 Å². The molecular weight excluding hydrogens is 278 g/mol. The second kappa shape index (κ2) is 7.79. The van der Waals surface area contributed by atoms with E-state index in [-0.39, 0.29) is 23.3 Å². The molecule has 0 aromatic heterocycles. The Hall–Kier alpha value is -1.69. The molecule has 2 atom stereocenters. The molecular formula is C14H19NO4S. The lowest BCUT2D eigenvalue weighted by Crippen LogP contribution is -2.35. The third-order valence-electron chi connectivity index (χ3n) is 2.76. The Balaban J connectivity index is 2.58. The molecule has 0 fully saturated rings. The number of carboxylic acid groups (broad SMARTS) is 1. The van der Waals surface area contributed by atoms with E-state index in [4.69, 9.17) is 5.11 Å². The van der Waals surface area contributed by atoms with Gasteiger partial charge in [-0.3, -0.25) is 9.00 Å². The molecule has 0 spiro atoms. The summed E-state index contributed by atoms with van der Waals surface area (Å²) in [6.07, 6.45) is 1.85. The van der Waals surface area contributed by atoms with Crippen molar-refractivity contribution in [1.82, 2.24) is 5.32 Å². The first-order valence-corrected chi connectivity index (χ1v) is 7.77. The highest BCUT2D eigenvalue weighted by molar-refractivity contribution is 7.85. The standard InChI is InChI=1S/C14H19NO4S/c1-3-4-10(2)15-13(16)9-20(19)12-7-5-11(6-8-12)14(17)18/h5-8,10H,3-4,9H2,1-2H3,(H,15,16)(H,17,18). The highest BCUT2D eigenvalue weighted by Gasteiger charge is 2.13. The van der Waals surface area contributed by atoms with Crippen molar-refractivity contribution in [3.8, 4) is 0 Å². The topological polar surface area (TPSA) is 83.5 Å². The van der Waals surface area contributed by atoms with Crippen LogP contribution >= 0.6 is 0 Å². The molecule has 0 heterocycles. The van der Waals surface area contributed by atoms with E-state index in [1.54, 1.807) is 0 Å². The van der Waals surface area contributed by atoms with Gasteiger partial charge >= 0.3 is 5.97 Å². The molecule has 1 aromatic rings. The third kappa shape index (κ3) is 5.13. The Labute approximate surface area is 120 Å². The number of hydrogen-bond donors (Lipinski definition) is 2. The molecule has 2 N–H and O–H groups in total. The molecule has 0 aliphatic heterocycles. The number of carbonyl (C=O) groups is 2. The molecule has 1 amide bonds. The van der Waals surface area contributed by atoms with E-state index in [9.17, 15) is 13.8 Å². The van der Waals surface area contributed by atoms with E-state index in [1.807, 2.05) is 13.8 Å². The summed E-state index contributed by atoms with van der Waals surface area (Å²) in [5, 5.41) is 11.6. The third-order valence-corrected chi connectivity index (χ3v) is 4.08. The van der Waals surface area contributed by atoms with Gasteiger partial charge in [0.15, 0.2) is 0 Å². The summed E-state index contributed by atoms with van der Waals surface area (Å²) in [6.45, 7) is 3.94. The van der Waals surface area contributed by atoms with Crippen LogP contribution in [0.1, 0.15) is 37.0 Å². The maximum absolute atomic E-state index is 12.0. The first kappa shape index (κ1) is 16.4. The van der Waals surface area contributed by atoms with Gasteiger partial charge in [-0.2, -0.15) is 0 Å². The molecule has 0 radical (unpaired) electrons. The van der Waals surface area contributed by atoms with Crippen LogP contribution in [0.25, 0.3) is 0 Å². The number of nitrogens with one attached hydrogen (secondary N) is 1. The molecule has 110 valence electrons. The average molecular weight is 297 g/mol. The van der Waals surface area contributed by atoms with Crippen molar-refractivity contribution in [1.29, 1.82) is 0 Å². The quantitative estimate of drug-likeness (QED) is 0.804. The average Bonchev–Trinajstić information content (AvgIpc) is 2.38. The first-order valence-electron chi connectivity index (χ1n) is 6.45. The minimum absolute atomic E-state index is 0.0684. The van der Waals surface area contributed by atoms with Crippen LogP contribution in [0.15, 0.2) is 29.2 Å². The summed E-state index contributed by atoms with van der Waals surface area (Å²) in [4.78, 5) is 22.8. The number of aromatic carboxylic acids is 1. The zero-order chi connectivity index (χ0) is 15.1. The smallest absolute Gasteiger partial charge is 0.335 e. The predicted octanol–water partition coefficient (Wildman–Crippen LogP) is 1.80. The van der Waals surface area contributed by atoms with E-state index < -0.39 is 16.8 Å². The van der Waals surface area contributed by atoms with E-state index in [0.29, 0.717) is 4.90 Å². The zero-order valence-corrected chi connectivity index (χ0v) is 12.4. The SMILES string of the molecule is CCCC(C)NC(=O)CS(=O)c1ccc(C(=O)O)cc1. The van der Waals surface area contributed by atoms with Gasteiger partial charge in [0.05, 0.1) is 16.4 Å². The molecule has 0 aliphatic carbocycles. The fraction of sp³-hybridized carbons (Fsp3) is 0.429. The maximum atomic E-state index is 12.0. The predicted molar refractivity (Wildman–Crippen MR) is 77.2 cm³/mol. The monoisotopic (exact) mass is 297 g/mol. The van der Waals surface area contributed by atoms with E-state index >= 15 is 0 Å². The summed E-state index contributed by atoms with van der Waals surface area (Å²) >= 11 is 0. The summed E-state index contributed by atoms with van der Waals surface area (Å²) < 4.78 is 12.0. The van der Waals surface area contributed by atoms with Crippen LogP contribution in [-0.2, 0) is 15.6 Å². The number of hydrogen-bond acceptors (Lipinski definition) is 3. The van der Waals surface area contributed by atoms with Crippen molar-refractivity contribution in [2.75, 3.05) is 5.75 Å². The van der Waals surface area contributed by atoms with Crippen LogP contribution in [0.3, 0.4) is 0 Å². The molecule has 1 rings (SSSR count). The zero-order valence-electron chi connectivity index (χ0n) is 11.6. The van der Waals surface area contributed by atoms with Gasteiger partial charge < -0.3 is 10.4 Å². The minimum Gasteiger partial charge on any atom is -0.478 e. The van der Waals surface area contributed by atoms with Gasteiger partial charge in [-0.25, -0.2) is 4.79 Å². The number of benzene rings is 1. The Kier molecular flexibility index (Phi) is 6.38. The van der Waals surface area contributed by atoms with Gasteiger partial charge in [-0.15, -0.1) is 0 Å². The molecule has 20 heavy (non-hydrogen) atoms. The van der Waals surface area contributed by atoms with E-state index in [2.05, 4.69) is 5.32 Å². The number of amides is 1. The Bertz CT molecular complexity index is 498. The Morgan fingerprint density at radius 1 is 1.30 bits per heavy atom. The molecule has 0 saturated carbocycles. The van der Waals surface area contributed by atoms with Gasteiger partial charge in [0.2, 0.25) is 5.91 Å². The van der Waals surface area contributed by atoms with Crippen LogP contribution in [0.2, 0.25) is 0 Å². The van der Waals surface area contributed by atoms with Crippen LogP contribution < -0.4 is 5.32 Å². The van der Waals surface area contributed by atoms with Gasteiger partial charge in [0, 0.05) is 10.9 Å². The van der Waals surface area contributed by atoms with Crippen LogP contribution in [0, 0.1) is 0 Å². The van der Waals surface area contributed by atoms with E-state index in [0.717, 1.165) is 12.8 Å². The summed E-state index contributed by atoms with van der Waals surface area (Å²) in [5.41, 5.74) is 0.131. The second-order valence-corrected chi connectivity index (χ2v) is 6.03. The fourth-order valence-corrected chi connectivity index (χ4v) is 2.70. The van der Waals surface area contributed by atoms with Crippen molar-refractivity contribution >= 4 is 22.7 Å². The Morgan fingerprint density at radius 2 is 1.90 bits per heavy atom. The lowest BCUT2D eigenvalue weighted by atomic mass is 10.2. The largest absolute Gasteiger partial charge is 0.478 e. The van der Waals surface area contributed by atoms with Crippen molar-refractivity contribution in [2.45, 2.75) is 37.6 Å².